The number of ether oxygens (including phenoxy) is 1. The van der Waals surface area contributed by atoms with Crippen LogP contribution in [0.5, 0.6) is 5.75 Å². The van der Waals surface area contributed by atoms with E-state index in [4.69, 9.17) is 0 Å². The van der Waals surface area contributed by atoms with Gasteiger partial charge in [-0.05, 0) is 36.6 Å². The van der Waals surface area contributed by atoms with E-state index in [2.05, 4.69) is 14.7 Å². The fraction of sp³-hybridized carbons (Fsp3) is 0.188. The number of hydrogen-bond donors (Lipinski definition) is 1. The Hall–Kier alpha value is -2.69. The van der Waals surface area contributed by atoms with Gasteiger partial charge in [-0.25, -0.2) is 9.78 Å². The van der Waals surface area contributed by atoms with E-state index < -0.39 is 5.97 Å². The molecule has 1 aromatic carbocycles. The molecule has 0 saturated carbocycles. The lowest BCUT2D eigenvalue weighted by atomic mass is 10.0. The van der Waals surface area contributed by atoms with E-state index in [1.165, 1.54) is 18.7 Å². The second-order valence-electron chi connectivity index (χ2n) is 4.75. The first-order valence-corrected chi connectivity index (χ1v) is 6.63. The van der Waals surface area contributed by atoms with E-state index in [1.807, 2.05) is 24.4 Å². The van der Waals surface area contributed by atoms with Gasteiger partial charge in [-0.3, -0.25) is 4.99 Å². The Balaban J connectivity index is 2.05. The lowest BCUT2D eigenvalue weighted by Crippen LogP contribution is -2.05. The van der Waals surface area contributed by atoms with Gasteiger partial charge in [0.25, 0.3) is 0 Å². The van der Waals surface area contributed by atoms with Crippen LogP contribution in [0.15, 0.2) is 35.3 Å². The largest absolute Gasteiger partial charge is 0.505 e. The highest BCUT2D eigenvalue weighted by Gasteiger charge is 2.15. The molecule has 0 bridgehead atoms. The van der Waals surface area contributed by atoms with Gasteiger partial charge in [0.15, 0.2) is 5.69 Å². The predicted molar refractivity (Wildman–Crippen MR) is 79.2 cm³/mol. The van der Waals surface area contributed by atoms with E-state index in [0.717, 1.165) is 24.1 Å². The zero-order chi connectivity index (χ0) is 14.8. The number of aromatic hydroxyl groups is 1. The fourth-order valence-electron chi connectivity index (χ4n) is 2.30. The number of carbonyl (C=O) groups excluding carboxylic acids is 1. The van der Waals surface area contributed by atoms with Crippen LogP contribution in [0.2, 0.25) is 0 Å². The molecule has 0 saturated heterocycles. The summed E-state index contributed by atoms with van der Waals surface area (Å²) in [6.45, 7) is 0. The van der Waals surface area contributed by atoms with Gasteiger partial charge < -0.3 is 9.84 Å². The summed E-state index contributed by atoms with van der Waals surface area (Å²) in [7, 11) is 1.25. The van der Waals surface area contributed by atoms with E-state index in [1.54, 1.807) is 6.07 Å². The molecule has 5 nitrogen and oxygen atoms in total. The van der Waals surface area contributed by atoms with Gasteiger partial charge in [-0.2, -0.15) is 0 Å². The molecule has 1 aliphatic rings. The number of esters is 1. The van der Waals surface area contributed by atoms with E-state index in [-0.39, 0.29) is 11.4 Å². The van der Waals surface area contributed by atoms with Gasteiger partial charge in [-0.1, -0.05) is 12.1 Å². The number of fused-ring (bicyclic) bond motifs is 1. The summed E-state index contributed by atoms with van der Waals surface area (Å²) in [6.07, 6.45) is 3.84. The fourth-order valence-corrected chi connectivity index (χ4v) is 2.30. The Morgan fingerprint density at radius 2 is 2.14 bits per heavy atom. The minimum Gasteiger partial charge on any atom is -0.505 e. The number of pyridine rings is 1. The average Bonchev–Trinajstić information content (AvgIpc) is 2.54. The monoisotopic (exact) mass is 282 g/mol. The van der Waals surface area contributed by atoms with Gasteiger partial charge in [0.2, 0.25) is 0 Å². The molecule has 3 rings (SSSR count). The quantitative estimate of drug-likeness (QED) is 0.860. The maximum atomic E-state index is 11.6. The first kappa shape index (κ1) is 13.3. The van der Waals surface area contributed by atoms with E-state index in [9.17, 15) is 9.90 Å². The minimum atomic E-state index is -0.662. The molecule has 5 heteroatoms. The van der Waals surface area contributed by atoms with Crippen molar-refractivity contribution < 1.29 is 14.6 Å². The normalized spacial score (nSPS) is 12.8. The van der Waals surface area contributed by atoms with Gasteiger partial charge in [0.05, 0.1) is 18.5 Å². The van der Waals surface area contributed by atoms with Crippen molar-refractivity contribution in [2.45, 2.75) is 12.8 Å². The van der Waals surface area contributed by atoms with Gasteiger partial charge in [0, 0.05) is 11.8 Å². The first-order valence-electron chi connectivity index (χ1n) is 6.63. The van der Waals surface area contributed by atoms with Crippen molar-refractivity contribution in [3.8, 4) is 17.0 Å². The van der Waals surface area contributed by atoms with Crippen molar-refractivity contribution in [1.82, 2.24) is 4.98 Å². The molecule has 1 N–H and O–H groups in total. The van der Waals surface area contributed by atoms with Crippen LogP contribution in [-0.4, -0.2) is 29.4 Å². The molecule has 0 radical (unpaired) electrons. The van der Waals surface area contributed by atoms with Crippen molar-refractivity contribution in [3.63, 3.8) is 0 Å². The number of hydrogen-bond acceptors (Lipinski definition) is 5. The molecule has 1 aromatic heterocycles. The van der Waals surface area contributed by atoms with Crippen LogP contribution < -0.4 is 0 Å². The molecule has 0 aliphatic carbocycles. The van der Waals surface area contributed by atoms with Crippen LogP contribution in [0.3, 0.4) is 0 Å². The number of aromatic nitrogens is 1. The van der Waals surface area contributed by atoms with Gasteiger partial charge in [-0.15, -0.1) is 0 Å². The second kappa shape index (κ2) is 5.36. The van der Waals surface area contributed by atoms with Crippen LogP contribution in [-0.2, 0) is 11.2 Å². The third-order valence-corrected chi connectivity index (χ3v) is 3.41. The Kier molecular flexibility index (Phi) is 3.39. The molecule has 2 heterocycles. The van der Waals surface area contributed by atoms with E-state index in [0.29, 0.717) is 5.69 Å². The molecule has 0 fully saturated rings. The van der Waals surface area contributed by atoms with Crippen LogP contribution in [0, 0.1) is 0 Å². The third-order valence-electron chi connectivity index (χ3n) is 3.41. The Bertz CT molecular complexity index is 738. The summed E-state index contributed by atoms with van der Waals surface area (Å²) in [5, 5.41) is 9.69. The van der Waals surface area contributed by atoms with Crippen LogP contribution >= 0.6 is 0 Å². The lowest BCUT2D eigenvalue weighted by Gasteiger charge is -2.11. The number of benzene rings is 1. The van der Waals surface area contributed by atoms with Gasteiger partial charge >= 0.3 is 5.97 Å². The van der Waals surface area contributed by atoms with Crippen molar-refractivity contribution in [2.24, 2.45) is 4.99 Å². The highest BCUT2D eigenvalue weighted by molar-refractivity contribution is 5.91. The zero-order valence-corrected chi connectivity index (χ0v) is 11.5. The molecule has 0 atom stereocenters. The lowest BCUT2D eigenvalue weighted by molar-refractivity contribution is 0.0590. The average molecular weight is 282 g/mol. The standard InChI is InChI=1S/C16H14N2O3/c1-21-16(20)15-14(19)7-6-12(18-15)11-5-4-10-3-2-8-17-13(10)9-11/h4-9,19H,2-3H2,1H3. The number of rotatable bonds is 2. The number of methoxy groups -OCH3 is 1. The maximum Gasteiger partial charge on any atom is 0.360 e. The number of aryl methyl sites for hydroxylation is 1. The number of nitrogens with zero attached hydrogens (tertiary/aromatic N) is 2. The smallest absolute Gasteiger partial charge is 0.360 e. The minimum absolute atomic E-state index is 0.0868. The van der Waals surface area contributed by atoms with Crippen LogP contribution in [0.4, 0.5) is 5.69 Å². The van der Waals surface area contributed by atoms with Crippen LogP contribution in [0.1, 0.15) is 22.5 Å². The summed E-state index contributed by atoms with van der Waals surface area (Å²) in [5.41, 5.74) is 3.48. The molecular formula is C16H14N2O3. The third kappa shape index (κ3) is 2.50. The van der Waals surface area contributed by atoms with Crippen molar-refractivity contribution >= 4 is 17.9 Å². The van der Waals surface area contributed by atoms with Crippen LogP contribution in [0.25, 0.3) is 11.3 Å². The van der Waals surface area contributed by atoms with Crippen molar-refractivity contribution in [2.75, 3.05) is 7.11 Å². The highest BCUT2D eigenvalue weighted by Crippen LogP contribution is 2.30. The number of aliphatic imine (C=N–C) groups is 1. The Morgan fingerprint density at radius 1 is 1.29 bits per heavy atom. The number of carbonyl (C=O) groups is 1. The molecule has 0 unspecified atom stereocenters. The second-order valence-corrected chi connectivity index (χ2v) is 4.75. The Labute approximate surface area is 121 Å². The molecule has 2 aromatic rings. The molecule has 0 spiro atoms. The summed E-state index contributed by atoms with van der Waals surface area (Å²) < 4.78 is 4.61. The highest BCUT2D eigenvalue weighted by atomic mass is 16.5. The summed E-state index contributed by atoms with van der Waals surface area (Å²) in [4.78, 5) is 20.1. The molecule has 0 amide bonds. The van der Waals surface area contributed by atoms with Crippen molar-refractivity contribution in [1.29, 1.82) is 0 Å². The first-order chi connectivity index (χ1) is 10.2. The predicted octanol–water partition coefficient (Wildman–Crippen LogP) is 2.89. The molecule has 1 aliphatic heterocycles. The molecular weight excluding hydrogens is 268 g/mol. The molecule has 21 heavy (non-hydrogen) atoms. The molecule has 106 valence electrons. The summed E-state index contributed by atoms with van der Waals surface area (Å²) in [5.74, 6) is -0.855. The summed E-state index contributed by atoms with van der Waals surface area (Å²) >= 11 is 0. The Morgan fingerprint density at radius 3 is 2.95 bits per heavy atom. The van der Waals surface area contributed by atoms with Gasteiger partial charge in [0.1, 0.15) is 5.75 Å². The van der Waals surface area contributed by atoms with Crippen molar-refractivity contribution in [3.05, 3.63) is 41.6 Å². The SMILES string of the molecule is COC(=O)c1nc(-c2ccc3c(c2)N=CCC3)ccc1O. The maximum absolute atomic E-state index is 11.6. The topological polar surface area (TPSA) is 71.8 Å². The zero-order valence-electron chi connectivity index (χ0n) is 11.5. The summed E-state index contributed by atoms with van der Waals surface area (Å²) in [6, 6.07) is 9.01. The van der Waals surface area contributed by atoms with E-state index >= 15 is 0 Å².